The van der Waals surface area contributed by atoms with Gasteiger partial charge in [0, 0.05) is 44.9 Å². The standard InChI is InChI=1S/C15H21N5O2S/c1-21-10-15-18-12(11-23-15)8-20-5-6-22-13(9-20)7-16-14-3-2-4-17-19-14/h2-4,11,13H,5-10H2,1H3,(H,16,19)/t13-/m1/s1. The monoisotopic (exact) mass is 335 g/mol. The fourth-order valence-corrected chi connectivity index (χ4v) is 3.26. The van der Waals surface area contributed by atoms with E-state index in [9.17, 15) is 0 Å². The Hall–Kier alpha value is -1.61. The molecule has 1 aliphatic heterocycles. The minimum absolute atomic E-state index is 0.142. The predicted octanol–water partition coefficient (Wildman–Crippen LogP) is 1.39. The van der Waals surface area contributed by atoms with Crippen molar-refractivity contribution in [1.82, 2.24) is 20.1 Å². The van der Waals surface area contributed by atoms with Crippen LogP contribution in [0.4, 0.5) is 5.82 Å². The smallest absolute Gasteiger partial charge is 0.148 e. The summed E-state index contributed by atoms with van der Waals surface area (Å²) >= 11 is 1.65. The number of nitrogens with one attached hydrogen (secondary N) is 1. The normalized spacial score (nSPS) is 18.9. The fourth-order valence-electron chi connectivity index (χ4n) is 2.50. The summed E-state index contributed by atoms with van der Waals surface area (Å²) in [6, 6.07) is 3.77. The fraction of sp³-hybridized carbons (Fsp3) is 0.533. The van der Waals surface area contributed by atoms with Crippen molar-refractivity contribution in [2.24, 2.45) is 0 Å². The number of thiazole rings is 1. The lowest BCUT2D eigenvalue weighted by Crippen LogP contribution is -2.44. The highest BCUT2D eigenvalue weighted by Crippen LogP contribution is 2.15. The van der Waals surface area contributed by atoms with E-state index in [0.29, 0.717) is 6.61 Å². The summed E-state index contributed by atoms with van der Waals surface area (Å²) in [5.41, 5.74) is 1.10. The average Bonchev–Trinajstić information content (AvgIpc) is 3.02. The highest BCUT2D eigenvalue weighted by molar-refractivity contribution is 7.09. The van der Waals surface area contributed by atoms with E-state index in [2.05, 4.69) is 30.8 Å². The Bertz CT molecular complexity index is 595. The molecule has 1 saturated heterocycles. The first kappa shape index (κ1) is 16.3. The molecule has 2 aromatic rings. The van der Waals surface area contributed by atoms with Crippen molar-refractivity contribution < 1.29 is 9.47 Å². The molecule has 0 saturated carbocycles. The Labute approximate surface area is 139 Å². The first-order chi connectivity index (χ1) is 11.3. The van der Waals surface area contributed by atoms with E-state index in [-0.39, 0.29) is 6.10 Å². The average molecular weight is 335 g/mol. The molecule has 124 valence electrons. The van der Waals surface area contributed by atoms with Crippen molar-refractivity contribution in [1.29, 1.82) is 0 Å². The number of methoxy groups -OCH3 is 1. The van der Waals surface area contributed by atoms with Crippen LogP contribution >= 0.6 is 11.3 Å². The van der Waals surface area contributed by atoms with Gasteiger partial charge in [-0.2, -0.15) is 5.10 Å². The van der Waals surface area contributed by atoms with E-state index >= 15 is 0 Å². The number of ether oxygens (including phenoxy) is 2. The van der Waals surface area contributed by atoms with Crippen molar-refractivity contribution in [2.45, 2.75) is 19.3 Å². The summed E-state index contributed by atoms with van der Waals surface area (Å²) in [7, 11) is 1.69. The maximum absolute atomic E-state index is 5.82. The Balaban J connectivity index is 1.47. The van der Waals surface area contributed by atoms with Crippen LogP contribution in [0, 0.1) is 0 Å². The summed E-state index contributed by atoms with van der Waals surface area (Å²) in [5.74, 6) is 0.775. The van der Waals surface area contributed by atoms with Gasteiger partial charge in [0.25, 0.3) is 0 Å². The minimum atomic E-state index is 0.142. The van der Waals surface area contributed by atoms with Gasteiger partial charge in [0.2, 0.25) is 0 Å². The SMILES string of the molecule is COCc1nc(CN2CCO[C@H](CNc3cccnn3)C2)cs1. The molecule has 0 bridgehead atoms. The van der Waals surface area contributed by atoms with Crippen LogP contribution in [0.25, 0.3) is 0 Å². The van der Waals surface area contributed by atoms with Gasteiger partial charge in [-0.15, -0.1) is 16.4 Å². The molecule has 1 N–H and O–H groups in total. The van der Waals surface area contributed by atoms with Crippen LogP contribution in [0.5, 0.6) is 0 Å². The quantitative estimate of drug-likeness (QED) is 0.820. The molecule has 8 heteroatoms. The lowest BCUT2D eigenvalue weighted by Gasteiger charge is -2.32. The number of aromatic nitrogens is 3. The molecule has 1 atom stereocenters. The number of morpholine rings is 1. The van der Waals surface area contributed by atoms with Gasteiger partial charge in [-0.3, -0.25) is 4.90 Å². The third-order valence-electron chi connectivity index (χ3n) is 3.56. The van der Waals surface area contributed by atoms with E-state index < -0.39 is 0 Å². The maximum atomic E-state index is 5.82. The van der Waals surface area contributed by atoms with Crippen LogP contribution < -0.4 is 5.32 Å². The zero-order chi connectivity index (χ0) is 15.9. The summed E-state index contributed by atoms with van der Waals surface area (Å²) in [4.78, 5) is 6.96. The van der Waals surface area contributed by atoms with Crippen LogP contribution in [0.2, 0.25) is 0 Å². The Kier molecular flexibility index (Phi) is 5.87. The first-order valence-electron chi connectivity index (χ1n) is 7.61. The second-order valence-electron chi connectivity index (χ2n) is 5.38. The zero-order valence-corrected chi connectivity index (χ0v) is 14.0. The molecule has 0 spiro atoms. The molecule has 0 aromatic carbocycles. The molecule has 0 unspecified atom stereocenters. The number of hydrogen-bond acceptors (Lipinski definition) is 8. The van der Waals surface area contributed by atoms with Crippen LogP contribution in [-0.2, 0) is 22.6 Å². The van der Waals surface area contributed by atoms with E-state index in [1.807, 2.05) is 12.1 Å². The molecule has 3 rings (SSSR count). The molecular weight excluding hydrogens is 314 g/mol. The van der Waals surface area contributed by atoms with Gasteiger partial charge < -0.3 is 14.8 Å². The van der Waals surface area contributed by atoms with Crippen LogP contribution in [0.15, 0.2) is 23.7 Å². The number of nitrogens with zero attached hydrogens (tertiary/aromatic N) is 4. The third kappa shape index (κ3) is 4.93. The Morgan fingerprint density at radius 2 is 2.48 bits per heavy atom. The third-order valence-corrected chi connectivity index (χ3v) is 4.43. The molecule has 0 aliphatic carbocycles. The molecule has 0 radical (unpaired) electrons. The second kappa shape index (κ2) is 8.30. The minimum Gasteiger partial charge on any atom is -0.378 e. The summed E-state index contributed by atoms with van der Waals surface area (Å²) in [6.07, 6.45) is 1.80. The number of hydrogen-bond donors (Lipinski definition) is 1. The molecule has 1 aliphatic rings. The van der Waals surface area contributed by atoms with Crippen molar-refractivity contribution in [3.63, 3.8) is 0 Å². The van der Waals surface area contributed by atoms with Crippen molar-refractivity contribution in [2.75, 3.05) is 38.7 Å². The molecule has 2 aromatic heterocycles. The second-order valence-corrected chi connectivity index (χ2v) is 6.33. The highest BCUT2D eigenvalue weighted by Gasteiger charge is 2.21. The molecule has 1 fully saturated rings. The van der Waals surface area contributed by atoms with E-state index in [1.54, 1.807) is 24.6 Å². The topological polar surface area (TPSA) is 72.4 Å². The lowest BCUT2D eigenvalue weighted by atomic mass is 10.2. The number of rotatable bonds is 7. The van der Waals surface area contributed by atoms with Gasteiger partial charge in [-0.05, 0) is 12.1 Å². The van der Waals surface area contributed by atoms with E-state index in [0.717, 1.165) is 49.3 Å². The first-order valence-corrected chi connectivity index (χ1v) is 8.49. The van der Waals surface area contributed by atoms with Gasteiger partial charge in [-0.25, -0.2) is 4.98 Å². The molecule has 7 nitrogen and oxygen atoms in total. The van der Waals surface area contributed by atoms with Gasteiger partial charge >= 0.3 is 0 Å². The molecule has 23 heavy (non-hydrogen) atoms. The van der Waals surface area contributed by atoms with E-state index in [1.165, 1.54) is 0 Å². The zero-order valence-electron chi connectivity index (χ0n) is 13.1. The van der Waals surface area contributed by atoms with Crippen LogP contribution in [-0.4, -0.2) is 59.5 Å². The van der Waals surface area contributed by atoms with Gasteiger partial charge in [0.05, 0.1) is 25.0 Å². The Morgan fingerprint density at radius 1 is 1.52 bits per heavy atom. The summed E-state index contributed by atoms with van der Waals surface area (Å²) in [5, 5.41) is 14.3. The van der Waals surface area contributed by atoms with Crippen molar-refractivity contribution in [3.8, 4) is 0 Å². The van der Waals surface area contributed by atoms with Crippen molar-refractivity contribution >= 4 is 17.2 Å². The molecule has 3 heterocycles. The van der Waals surface area contributed by atoms with Crippen LogP contribution in [0.1, 0.15) is 10.7 Å². The van der Waals surface area contributed by atoms with Crippen molar-refractivity contribution in [3.05, 3.63) is 34.4 Å². The highest BCUT2D eigenvalue weighted by atomic mass is 32.1. The summed E-state index contributed by atoms with van der Waals surface area (Å²) in [6.45, 7) is 4.70. The lowest BCUT2D eigenvalue weighted by molar-refractivity contribution is -0.0244. The Morgan fingerprint density at radius 3 is 3.30 bits per heavy atom. The largest absolute Gasteiger partial charge is 0.378 e. The van der Waals surface area contributed by atoms with Gasteiger partial charge in [0.15, 0.2) is 0 Å². The van der Waals surface area contributed by atoms with Gasteiger partial charge in [-0.1, -0.05) is 0 Å². The maximum Gasteiger partial charge on any atom is 0.148 e. The van der Waals surface area contributed by atoms with E-state index in [4.69, 9.17) is 9.47 Å². The molecular formula is C15H21N5O2S. The van der Waals surface area contributed by atoms with Crippen LogP contribution in [0.3, 0.4) is 0 Å². The predicted molar refractivity (Wildman–Crippen MR) is 88.4 cm³/mol. The molecule has 0 amide bonds. The van der Waals surface area contributed by atoms with Gasteiger partial charge in [0.1, 0.15) is 10.8 Å². The number of anilines is 1. The summed E-state index contributed by atoms with van der Waals surface area (Å²) < 4.78 is 10.9.